The highest BCUT2D eigenvalue weighted by molar-refractivity contribution is 5.97. The van der Waals surface area contributed by atoms with Gasteiger partial charge in [-0.15, -0.1) is 0 Å². The van der Waals surface area contributed by atoms with Crippen LogP contribution in [0.3, 0.4) is 0 Å². The molecule has 0 aromatic heterocycles. The molecule has 1 unspecified atom stereocenters. The molecule has 5 heteroatoms. The van der Waals surface area contributed by atoms with Crippen molar-refractivity contribution in [2.45, 2.75) is 12.6 Å². The maximum Gasteiger partial charge on any atom is 0.333 e. The molecule has 3 rings (SSSR count). The van der Waals surface area contributed by atoms with Crippen molar-refractivity contribution in [3.63, 3.8) is 0 Å². The van der Waals surface area contributed by atoms with Crippen LogP contribution in [0.15, 0.2) is 48.5 Å². The lowest BCUT2D eigenvalue weighted by atomic mass is 9.97. The Bertz CT molecular complexity index is 712. The largest absolute Gasteiger partial charge is 0.497 e. The van der Waals surface area contributed by atoms with Crippen LogP contribution in [0.1, 0.15) is 27.5 Å². The number of ether oxygens (including phenoxy) is 2. The lowest BCUT2D eigenvalue weighted by Gasteiger charge is -2.25. The summed E-state index contributed by atoms with van der Waals surface area (Å²) in [6.07, 6.45) is 0. The Kier molecular flexibility index (Phi) is 3.78. The van der Waals surface area contributed by atoms with Crippen molar-refractivity contribution in [1.82, 2.24) is 5.32 Å². The van der Waals surface area contributed by atoms with Crippen LogP contribution in [-0.2, 0) is 16.1 Å². The monoisotopic (exact) mass is 297 g/mol. The van der Waals surface area contributed by atoms with E-state index in [0.717, 1.165) is 11.1 Å². The molecule has 5 nitrogen and oxygen atoms in total. The summed E-state index contributed by atoms with van der Waals surface area (Å²) in [6, 6.07) is 13.3. The maximum absolute atomic E-state index is 12.2. The fourth-order valence-electron chi connectivity index (χ4n) is 2.42. The lowest BCUT2D eigenvalue weighted by molar-refractivity contribution is -0.149. The zero-order chi connectivity index (χ0) is 15.5. The van der Waals surface area contributed by atoms with E-state index < -0.39 is 12.0 Å². The first-order valence-electron chi connectivity index (χ1n) is 6.88. The van der Waals surface area contributed by atoms with Crippen molar-refractivity contribution < 1.29 is 19.1 Å². The highest BCUT2D eigenvalue weighted by Gasteiger charge is 2.31. The minimum atomic E-state index is -0.803. The molecule has 1 aliphatic rings. The molecule has 0 fully saturated rings. The number of methoxy groups -OCH3 is 1. The fraction of sp³-hybridized carbons (Fsp3) is 0.176. The highest BCUT2D eigenvalue weighted by atomic mass is 16.5. The topological polar surface area (TPSA) is 64.6 Å². The highest BCUT2D eigenvalue weighted by Crippen LogP contribution is 2.29. The number of fused-ring (bicyclic) bond motifs is 1. The van der Waals surface area contributed by atoms with Gasteiger partial charge in [-0.2, -0.15) is 0 Å². The molecule has 0 spiro atoms. The van der Waals surface area contributed by atoms with Crippen LogP contribution in [0.5, 0.6) is 5.75 Å². The van der Waals surface area contributed by atoms with Gasteiger partial charge in [-0.25, -0.2) is 4.79 Å². The van der Waals surface area contributed by atoms with Gasteiger partial charge in [-0.05, 0) is 35.4 Å². The summed E-state index contributed by atoms with van der Waals surface area (Å²) >= 11 is 0. The summed E-state index contributed by atoms with van der Waals surface area (Å²) in [7, 11) is 1.57. The first-order chi connectivity index (χ1) is 10.7. The Hall–Kier alpha value is -2.82. The number of carbonyl (C=O) groups is 2. The first-order valence-corrected chi connectivity index (χ1v) is 6.88. The van der Waals surface area contributed by atoms with Gasteiger partial charge in [0, 0.05) is 5.56 Å². The molecule has 2 aromatic rings. The normalized spacial score (nSPS) is 16.4. The Morgan fingerprint density at radius 2 is 2.00 bits per heavy atom. The number of carbonyl (C=O) groups excluding carboxylic acids is 2. The molecule has 1 atom stereocenters. The summed E-state index contributed by atoms with van der Waals surface area (Å²) in [5.74, 6) is -0.0852. The molecule has 0 aliphatic carbocycles. The smallest absolute Gasteiger partial charge is 0.333 e. The average Bonchev–Trinajstić information content (AvgIpc) is 2.57. The number of nitrogens with one attached hydrogen (secondary N) is 1. The third kappa shape index (κ3) is 2.65. The molecular formula is C17H15NO4. The molecule has 1 amide bonds. The van der Waals surface area contributed by atoms with E-state index >= 15 is 0 Å². The van der Waals surface area contributed by atoms with Crippen molar-refractivity contribution in [2.75, 3.05) is 7.11 Å². The second-order valence-corrected chi connectivity index (χ2v) is 4.94. The lowest BCUT2D eigenvalue weighted by Crippen LogP contribution is -2.37. The predicted octanol–water partition coefficient (Wildman–Crippen LogP) is 2.22. The second kappa shape index (κ2) is 5.89. The van der Waals surface area contributed by atoms with Crippen LogP contribution in [-0.4, -0.2) is 19.0 Å². The van der Waals surface area contributed by atoms with E-state index in [9.17, 15) is 9.59 Å². The molecular weight excluding hydrogens is 282 g/mol. The molecule has 2 aromatic carbocycles. The Labute approximate surface area is 127 Å². The van der Waals surface area contributed by atoms with Gasteiger partial charge < -0.3 is 14.8 Å². The Balaban J connectivity index is 1.88. The average molecular weight is 297 g/mol. The van der Waals surface area contributed by atoms with Crippen LogP contribution in [0, 0.1) is 0 Å². The molecule has 0 saturated heterocycles. The van der Waals surface area contributed by atoms with Crippen molar-refractivity contribution >= 4 is 11.9 Å². The summed E-state index contributed by atoms with van der Waals surface area (Å²) in [5, 5.41) is 2.72. The summed E-state index contributed by atoms with van der Waals surface area (Å²) in [6.45, 7) is 0.184. The van der Waals surface area contributed by atoms with Gasteiger partial charge >= 0.3 is 5.97 Å². The first kappa shape index (κ1) is 14.1. The number of esters is 1. The zero-order valence-electron chi connectivity index (χ0n) is 12.0. The van der Waals surface area contributed by atoms with Gasteiger partial charge in [0.05, 0.1) is 7.11 Å². The number of rotatable bonds is 3. The molecule has 1 heterocycles. The van der Waals surface area contributed by atoms with E-state index in [2.05, 4.69) is 5.32 Å². The van der Waals surface area contributed by atoms with Gasteiger partial charge in [0.25, 0.3) is 5.91 Å². The van der Waals surface area contributed by atoms with Crippen LogP contribution in [0.2, 0.25) is 0 Å². The number of cyclic esters (lactones) is 1. The number of benzene rings is 2. The predicted molar refractivity (Wildman–Crippen MR) is 79.4 cm³/mol. The van der Waals surface area contributed by atoms with E-state index in [4.69, 9.17) is 9.47 Å². The molecule has 22 heavy (non-hydrogen) atoms. The van der Waals surface area contributed by atoms with E-state index in [1.165, 1.54) is 0 Å². The summed E-state index contributed by atoms with van der Waals surface area (Å²) < 4.78 is 10.3. The quantitative estimate of drug-likeness (QED) is 0.882. The molecule has 1 aliphatic heterocycles. The van der Waals surface area contributed by atoms with Crippen molar-refractivity contribution in [3.05, 3.63) is 65.2 Å². The number of amides is 1. The van der Waals surface area contributed by atoms with Crippen molar-refractivity contribution in [1.29, 1.82) is 0 Å². The fourth-order valence-corrected chi connectivity index (χ4v) is 2.42. The zero-order valence-corrected chi connectivity index (χ0v) is 12.0. The Morgan fingerprint density at radius 1 is 1.23 bits per heavy atom. The van der Waals surface area contributed by atoms with Crippen molar-refractivity contribution in [3.8, 4) is 5.75 Å². The van der Waals surface area contributed by atoms with Crippen LogP contribution in [0.4, 0.5) is 0 Å². The van der Waals surface area contributed by atoms with Gasteiger partial charge in [0.15, 0.2) is 6.04 Å². The van der Waals surface area contributed by atoms with E-state index in [1.807, 2.05) is 12.1 Å². The van der Waals surface area contributed by atoms with Crippen LogP contribution in [0.25, 0.3) is 0 Å². The summed E-state index contributed by atoms with van der Waals surface area (Å²) in [4.78, 5) is 24.3. The Morgan fingerprint density at radius 3 is 2.73 bits per heavy atom. The number of hydrogen-bond acceptors (Lipinski definition) is 4. The minimum Gasteiger partial charge on any atom is -0.497 e. The minimum absolute atomic E-state index is 0.184. The van der Waals surface area contributed by atoms with E-state index in [0.29, 0.717) is 11.3 Å². The molecule has 0 radical (unpaired) electrons. The summed E-state index contributed by atoms with van der Waals surface area (Å²) in [5.41, 5.74) is 2.06. The van der Waals surface area contributed by atoms with Gasteiger partial charge in [-0.3, -0.25) is 4.79 Å². The van der Waals surface area contributed by atoms with Gasteiger partial charge in [-0.1, -0.05) is 24.3 Å². The third-order valence-electron chi connectivity index (χ3n) is 3.58. The molecule has 0 saturated carbocycles. The molecule has 1 N–H and O–H groups in total. The van der Waals surface area contributed by atoms with Gasteiger partial charge in [0.2, 0.25) is 0 Å². The second-order valence-electron chi connectivity index (χ2n) is 4.94. The van der Waals surface area contributed by atoms with Crippen LogP contribution >= 0.6 is 0 Å². The third-order valence-corrected chi connectivity index (χ3v) is 3.58. The maximum atomic E-state index is 12.2. The van der Waals surface area contributed by atoms with E-state index in [1.54, 1.807) is 43.5 Å². The van der Waals surface area contributed by atoms with Gasteiger partial charge in [0.1, 0.15) is 12.4 Å². The van der Waals surface area contributed by atoms with Crippen molar-refractivity contribution in [2.24, 2.45) is 0 Å². The van der Waals surface area contributed by atoms with Crippen LogP contribution < -0.4 is 10.1 Å². The standard InChI is InChI=1S/C17H15NO4/c1-21-13-7-8-14-12(9-13)10-22-17(20)15(14)18-16(19)11-5-3-2-4-6-11/h2-9,15H,10H2,1H3,(H,18,19). The molecule has 112 valence electrons. The SMILES string of the molecule is COc1ccc2c(c1)COC(=O)C2NC(=O)c1ccccc1. The molecule has 0 bridgehead atoms. The van der Waals surface area contributed by atoms with E-state index in [-0.39, 0.29) is 12.5 Å². The number of hydrogen-bond donors (Lipinski definition) is 1.